The van der Waals surface area contributed by atoms with Crippen molar-refractivity contribution in [1.29, 1.82) is 0 Å². The van der Waals surface area contributed by atoms with Gasteiger partial charge in [0.25, 0.3) is 0 Å². The minimum Gasteiger partial charge on any atom is -0.356 e. The van der Waals surface area contributed by atoms with E-state index in [4.69, 9.17) is 4.74 Å². The third kappa shape index (κ3) is 0.782. The van der Waals surface area contributed by atoms with Crippen LogP contribution in [-0.2, 0) is 10.3 Å². The zero-order valence-electron chi connectivity index (χ0n) is 9.10. The van der Waals surface area contributed by atoms with Gasteiger partial charge in [-0.2, -0.15) is 0 Å². The first-order valence-electron chi connectivity index (χ1n) is 5.71. The summed E-state index contributed by atoms with van der Waals surface area (Å²) in [6.45, 7) is 2.15. The molecular formula is C15H12O. The molecule has 2 aliphatic rings. The van der Waals surface area contributed by atoms with Crippen LogP contribution in [0.5, 0.6) is 0 Å². The molecule has 1 atom stereocenters. The molecule has 1 fully saturated rings. The fourth-order valence-electron chi connectivity index (χ4n) is 3.04. The van der Waals surface area contributed by atoms with Gasteiger partial charge in [-0.3, -0.25) is 0 Å². The second-order valence-corrected chi connectivity index (χ2v) is 4.59. The van der Waals surface area contributed by atoms with Crippen LogP contribution in [0, 0.1) is 0 Å². The summed E-state index contributed by atoms with van der Waals surface area (Å²) in [7, 11) is 0. The van der Waals surface area contributed by atoms with E-state index in [0.717, 1.165) is 0 Å². The number of ether oxygens (including phenoxy) is 1. The van der Waals surface area contributed by atoms with Crippen molar-refractivity contribution in [2.24, 2.45) is 0 Å². The van der Waals surface area contributed by atoms with Gasteiger partial charge in [0.15, 0.2) is 0 Å². The molecule has 0 amide bonds. The number of fused-ring (bicyclic) bond motifs is 5. The van der Waals surface area contributed by atoms with E-state index in [2.05, 4.69) is 55.5 Å². The fourth-order valence-corrected chi connectivity index (χ4v) is 3.04. The Kier molecular flexibility index (Phi) is 1.36. The van der Waals surface area contributed by atoms with E-state index in [9.17, 15) is 0 Å². The minimum atomic E-state index is -0.132. The van der Waals surface area contributed by atoms with Gasteiger partial charge in [0.1, 0.15) is 5.60 Å². The fraction of sp³-hybridized carbons (Fsp3) is 0.200. The molecule has 0 bridgehead atoms. The van der Waals surface area contributed by atoms with Crippen LogP contribution in [0.2, 0.25) is 0 Å². The van der Waals surface area contributed by atoms with E-state index in [1.54, 1.807) is 0 Å². The second kappa shape index (κ2) is 2.55. The largest absolute Gasteiger partial charge is 0.356 e. The van der Waals surface area contributed by atoms with Crippen LogP contribution in [0.4, 0.5) is 0 Å². The quantitative estimate of drug-likeness (QED) is 0.605. The molecule has 1 saturated heterocycles. The Hall–Kier alpha value is -1.60. The Balaban J connectivity index is 2.12. The highest BCUT2D eigenvalue weighted by Crippen LogP contribution is 2.60. The normalized spacial score (nSPS) is 22.9. The van der Waals surface area contributed by atoms with Gasteiger partial charge in [0.2, 0.25) is 0 Å². The number of benzene rings is 2. The number of hydrogen-bond acceptors (Lipinski definition) is 1. The predicted molar refractivity (Wildman–Crippen MR) is 63.2 cm³/mol. The van der Waals surface area contributed by atoms with Gasteiger partial charge in [-0.05, 0) is 29.2 Å². The molecule has 1 aliphatic carbocycles. The van der Waals surface area contributed by atoms with Crippen LogP contribution in [-0.4, -0.2) is 6.10 Å². The van der Waals surface area contributed by atoms with Crippen molar-refractivity contribution in [2.75, 3.05) is 0 Å². The maximum absolute atomic E-state index is 5.92. The lowest BCUT2D eigenvalue weighted by Crippen LogP contribution is -2.09. The number of epoxide rings is 1. The molecule has 0 radical (unpaired) electrons. The van der Waals surface area contributed by atoms with E-state index >= 15 is 0 Å². The molecule has 1 heterocycles. The van der Waals surface area contributed by atoms with Crippen LogP contribution in [0.25, 0.3) is 11.1 Å². The first-order valence-corrected chi connectivity index (χ1v) is 5.71. The van der Waals surface area contributed by atoms with Crippen LogP contribution in [0.1, 0.15) is 18.1 Å². The molecule has 2 aromatic rings. The van der Waals surface area contributed by atoms with Crippen LogP contribution in [0.3, 0.4) is 0 Å². The number of rotatable bonds is 0. The predicted octanol–water partition coefficient (Wildman–Crippen LogP) is 3.33. The summed E-state index contributed by atoms with van der Waals surface area (Å²) < 4.78 is 5.92. The molecule has 1 nitrogen and oxygen atoms in total. The van der Waals surface area contributed by atoms with Crippen LogP contribution >= 0.6 is 0 Å². The molecule has 0 aromatic heterocycles. The highest BCUT2D eigenvalue weighted by atomic mass is 16.6. The summed E-state index contributed by atoms with van der Waals surface area (Å²) in [5.74, 6) is 0. The van der Waals surface area contributed by atoms with Crippen molar-refractivity contribution in [3.63, 3.8) is 0 Å². The maximum atomic E-state index is 5.92. The maximum Gasteiger partial charge on any atom is 0.146 e. The Morgan fingerprint density at radius 3 is 1.75 bits per heavy atom. The molecule has 4 rings (SSSR count). The zero-order chi connectivity index (χ0) is 10.8. The lowest BCUT2D eigenvalue weighted by atomic mass is 9.94. The first kappa shape index (κ1) is 8.54. The molecule has 2 aromatic carbocycles. The molecule has 78 valence electrons. The first-order chi connectivity index (χ1) is 7.84. The molecule has 1 spiro atoms. The third-order valence-electron chi connectivity index (χ3n) is 3.82. The minimum absolute atomic E-state index is 0.132. The summed E-state index contributed by atoms with van der Waals surface area (Å²) in [5, 5.41) is 0. The van der Waals surface area contributed by atoms with E-state index in [1.807, 2.05) is 0 Å². The summed E-state index contributed by atoms with van der Waals surface area (Å²) in [4.78, 5) is 0. The highest BCUT2D eigenvalue weighted by molar-refractivity contribution is 5.81. The molecule has 0 saturated carbocycles. The average Bonchev–Trinajstić information content (AvgIpc) is 2.93. The van der Waals surface area contributed by atoms with Gasteiger partial charge < -0.3 is 4.74 Å². The lowest BCUT2D eigenvalue weighted by molar-refractivity contribution is 0.336. The topological polar surface area (TPSA) is 12.5 Å². The van der Waals surface area contributed by atoms with Crippen molar-refractivity contribution in [3.8, 4) is 11.1 Å². The van der Waals surface area contributed by atoms with Gasteiger partial charge in [-0.15, -0.1) is 0 Å². The smallest absolute Gasteiger partial charge is 0.146 e. The summed E-state index contributed by atoms with van der Waals surface area (Å²) >= 11 is 0. The van der Waals surface area contributed by atoms with E-state index in [0.29, 0.717) is 6.10 Å². The Morgan fingerprint density at radius 1 is 0.875 bits per heavy atom. The molecule has 1 heteroatoms. The summed E-state index contributed by atoms with van der Waals surface area (Å²) in [5.41, 5.74) is 5.21. The number of hydrogen-bond donors (Lipinski definition) is 0. The highest BCUT2D eigenvalue weighted by Gasteiger charge is 2.60. The van der Waals surface area contributed by atoms with Gasteiger partial charge in [0.05, 0.1) is 6.10 Å². The monoisotopic (exact) mass is 208 g/mol. The lowest BCUT2D eigenvalue weighted by Gasteiger charge is -2.06. The molecular weight excluding hydrogens is 196 g/mol. The van der Waals surface area contributed by atoms with Gasteiger partial charge in [-0.1, -0.05) is 48.5 Å². The van der Waals surface area contributed by atoms with E-state index in [1.165, 1.54) is 22.3 Å². The SMILES string of the molecule is CC1OC12c1ccccc1-c1ccccc12. The van der Waals surface area contributed by atoms with Crippen molar-refractivity contribution >= 4 is 0 Å². The zero-order valence-corrected chi connectivity index (χ0v) is 9.10. The molecule has 1 unspecified atom stereocenters. The third-order valence-corrected chi connectivity index (χ3v) is 3.82. The standard InChI is InChI=1S/C15H12O/c1-10-15(16-10)13-8-4-2-6-11(13)12-7-3-5-9-14(12)15/h2-10H,1H3. The molecule has 0 N–H and O–H groups in total. The van der Waals surface area contributed by atoms with E-state index in [-0.39, 0.29) is 5.60 Å². The van der Waals surface area contributed by atoms with Gasteiger partial charge in [0, 0.05) is 0 Å². The van der Waals surface area contributed by atoms with E-state index < -0.39 is 0 Å². The van der Waals surface area contributed by atoms with Gasteiger partial charge >= 0.3 is 0 Å². The van der Waals surface area contributed by atoms with Crippen LogP contribution in [0.15, 0.2) is 48.5 Å². The van der Waals surface area contributed by atoms with Crippen molar-refractivity contribution in [2.45, 2.75) is 18.6 Å². The summed E-state index contributed by atoms with van der Waals surface area (Å²) in [6, 6.07) is 17.2. The van der Waals surface area contributed by atoms with Crippen molar-refractivity contribution in [1.82, 2.24) is 0 Å². The molecule has 16 heavy (non-hydrogen) atoms. The van der Waals surface area contributed by atoms with Crippen molar-refractivity contribution < 1.29 is 4.74 Å². The Labute approximate surface area is 94.7 Å². The van der Waals surface area contributed by atoms with Gasteiger partial charge in [-0.25, -0.2) is 0 Å². The Bertz CT molecular complexity index is 540. The van der Waals surface area contributed by atoms with Crippen molar-refractivity contribution in [3.05, 3.63) is 59.7 Å². The van der Waals surface area contributed by atoms with Crippen LogP contribution < -0.4 is 0 Å². The molecule has 1 aliphatic heterocycles. The summed E-state index contributed by atoms with van der Waals surface area (Å²) in [6.07, 6.45) is 0.303. The average molecular weight is 208 g/mol. The second-order valence-electron chi connectivity index (χ2n) is 4.59. The Morgan fingerprint density at radius 2 is 1.31 bits per heavy atom.